The Hall–Kier alpha value is -1.06. The third kappa shape index (κ3) is 2.70. The van der Waals surface area contributed by atoms with E-state index in [0.717, 1.165) is 12.8 Å². The van der Waals surface area contributed by atoms with Crippen LogP contribution in [-0.2, 0) is 9.59 Å². The molecule has 1 aliphatic heterocycles. The zero-order chi connectivity index (χ0) is 11.4. The summed E-state index contributed by atoms with van der Waals surface area (Å²) in [6.07, 6.45) is 3.07. The number of hydrogen-bond acceptors (Lipinski definition) is 2. The molecule has 2 atom stereocenters. The van der Waals surface area contributed by atoms with Gasteiger partial charge in [0.25, 0.3) is 0 Å². The molecule has 4 nitrogen and oxygen atoms in total. The molecule has 0 spiro atoms. The molecule has 1 amide bonds. The van der Waals surface area contributed by atoms with Crippen molar-refractivity contribution in [1.82, 2.24) is 4.90 Å². The van der Waals surface area contributed by atoms with Crippen LogP contribution in [0.1, 0.15) is 39.5 Å². The number of rotatable bonds is 5. The van der Waals surface area contributed by atoms with E-state index in [1.165, 1.54) is 4.90 Å². The molecular weight excluding hydrogens is 194 g/mol. The zero-order valence-electron chi connectivity index (χ0n) is 9.40. The van der Waals surface area contributed by atoms with Gasteiger partial charge in [0.15, 0.2) is 0 Å². The van der Waals surface area contributed by atoms with Crippen LogP contribution in [0.3, 0.4) is 0 Å². The van der Waals surface area contributed by atoms with Gasteiger partial charge in [-0.05, 0) is 18.8 Å². The first-order chi connectivity index (χ1) is 7.10. The number of carbonyl (C=O) groups excluding carboxylic acids is 1. The van der Waals surface area contributed by atoms with Gasteiger partial charge < -0.3 is 10.0 Å². The van der Waals surface area contributed by atoms with Gasteiger partial charge in [-0.2, -0.15) is 0 Å². The highest BCUT2D eigenvalue weighted by atomic mass is 16.4. The Kier molecular flexibility index (Phi) is 4.12. The Balaban J connectivity index is 2.63. The van der Waals surface area contributed by atoms with Crippen LogP contribution in [0.15, 0.2) is 0 Å². The minimum atomic E-state index is -0.886. The molecule has 0 radical (unpaired) electrons. The van der Waals surface area contributed by atoms with Gasteiger partial charge >= 0.3 is 5.97 Å². The molecule has 0 aromatic heterocycles. The maximum absolute atomic E-state index is 11.6. The predicted molar refractivity (Wildman–Crippen MR) is 56.4 cm³/mol. The number of nitrogens with zero attached hydrogens (tertiary/aromatic N) is 1. The third-order valence-corrected chi connectivity index (χ3v) is 2.98. The second-order valence-electron chi connectivity index (χ2n) is 4.17. The number of carbonyl (C=O) groups is 2. The molecule has 1 fully saturated rings. The van der Waals surface area contributed by atoms with Crippen molar-refractivity contribution < 1.29 is 14.7 Å². The quantitative estimate of drug-likeness (QED) is 0.753. The second kappa shape index (κ2) is 5.14. The summed E-state index contributed by atoms with van der Waals surface area (Å²) in [5, 5.41) is 8.97. The summed E-state index contributed by atoms with van der Waals surface area (Å²) in [5.74, 6) is -0.526. The van der Waals surface area contributed by atoms with Gasteiger partial charge in [0.1, 0.15) is 6.04 Å². The van der Waals surface area contributed by atoms with Crippen LogP contribution in [0, 0.1) is 5.92 Å². The Morgan fingerprint density at radius 1 is 1.60 bits per heavy atom. The highest BCUT2D eigenvalue weighted by molar-refractivity contribution is 5.85. The second-order valence-corrected chi connectivity index (χ2v) is 4.17. The summed E-state index contributed by atoms with van der Waals surface area (Å²) in [6, 6.07) is -0.626. The van der Waals surface area contributed by atoms with Gasteiger partial charge in [0.05, 0.1) is 0 Å². The molecule has 1 rings (SSSR count). The lowest BCUT2D eigenvalue weighted by Crippen LogP contribution is -2.41. The third-order valence-electron chi connectivity index (χ3n) is 2.98. The fourth-order valence-electron chi connectivity index (χ4n) is 2.24. The van der Waals surface area contributed by atoms with E-state index >= 15 is 0 Å². The lowest BCUT2D eigenvalue weighted by Gasteiger charge is -2.23. The Morgan fingerprint density at radius 3 is 2.73 bits per heavy atom. The number of hydrogen-bond donors (Lipinski definition) is 1. The lowest BCUT2D eigenvalue weighted by molar-refractivity contribution is -0.148. The van der Waals surface area contributed by atoms with Crippen molar-refractivity contribution in [3.05, 3.63) is 0 Å². The number of likely N-dealkylation sites (tertiary alicyclic amines) is 1. The standard InChI is InChI=1S/C11H19NO3/c1-3-5-8-6-10(13)12(7-8)9(4-2)11(14)15/h8-9H,3-7H2,1-2H3,(H,14,15)/t8-,9?/m1/s1. The molecular formula is C11H19NO3. The van der Waals surface area contributed by atoms with Crippen molar-refractivity contribution in [3.8, 4) is 0 Å². The van der Waals surface area contributed by atoms with Gasteiger partial charge in [0.2, 0.25) is 5.91 Å². The molecule has 1 aliphatic rings. The maximum Gasteiger partial charge on any atom is 0.326 e. The van der Waals surface area contributed by atoms with E-state index in [0.29, 0.717) is 25.3 Å². The monoisotopic (exact) mass is 213 g/mol. The minimum Gasteiger partial charge on any atom is -0.480 e. The molecule has 1 N–H and O–H groups in total. The maximum atomic E-state index is 11.6. The average Bonchev–Trinajstić information content (AvgIpc) is 2.49. The van der Waals surface area contributed by atoms with Crippen molar-refractivity contribution in [1.29, 1.82) is 0 Å². The summed E-state index contributed by atoms with van der Waals surface area (Å²) in [7, 11) is 0. The SMILES string of the molecule is CCC[C@@H]1CC(=O)N(C(CC)C(=O)O)C1. The molecule has 0 aliphatic carbocycles. The largest absolute Gasteiger partial charge is 0.480 e. The molecule has 0 saturated carbocycles. The molecule has 1 saturated heterocycles. The molecule has 0 bridgehead atoms. The summed E-state index contributed by atoms with van der Waals surface area (Å²) in [5.41, 5.74) is 0. The van der Waals surface area contributed by atoms with E-state index in [4.69, 9.17) is 5.11 Å². The van der Waals surface area contributed by atoms with Gasteiger partial charge in [-0.25, -0.2) is 4.79 Å². The summed E-state index contributed by atoms with van der Waals surface area (Å²) in [4.78, 5) is 24.1. The van der Waals surface area contributed by atoms with Crippen molar-refractivity contribution in [2.45, 2.75) is 45.6 Å². The van der Waals surface area contributed by atoms with Gasteiger partial charge in [-0.3, -0.25) is 4.79 Å². The van der Waals surface area contributed by atoms with Crippen LogP contribution in [0.4, 0.5) is 0 Å². The van der Waals surface area contributed by atoms with Crippen LogP contribution in [-0.4, -0.2) is 34.5 Å². The van der Waals surface area contributed by atoms with Crippen LogP contribution >= 0.6 is 0 Å². The number of carboxylic acids is 1. The summed E-state index contributed by atoms with van der Waals surface area (Å²) in [6.45, 7) is 4.51. The first kappa shape index (κ1) is 12.0. The molecule has 1 unspecified atom stereocenters. The van der Waals surface area contributed by atoms with E-state index in [1.807, 2.05) is 0 Å². The Bertz CT molecular complexity index is 252. The predicted octanol–water partition coefficient (Wildman–Crippen LogP) is 1.50. The van der Waals surface area contributed by atoms with E-state index in [2.05, 4.69) is 6.92 Å². The van der Waals surface area contributed by atoms with Crippen LogP contribution in [0.5, 0.6) is 0 Å². The number of amides is 1. The van der Waals surface area contributed by atoms with Crippen molar-refractivity contribution in [2.24, 2.45) is 5.92 Å². The van der Waals surface area contributed by atoms with Crippen molar-refractivity contribution in [3.63, 3.8) is 0 Å². The zero-order valence-corrected chi connectivity index (χ0v) is 9.40. The van der Waals surface area contributed by atoms with Gasteiger partial charge in [-0.1, -0.05) is 20.3 Å². The molecule has 4 heteroatoms. The Labute approximate surface area is 90.3 Å². The fourth-order valence-corrected chi connectivity index (χ4v) is 2.24. The fraction of sp³-hybridized carbons (Fsp3) is 0.818. The molecule has 1 heterocycles. The highest BCUT2D eigenvalue weighted by Gasteiger charge is 2.36. The summed E-state index contributed by atoms with van der Waals surface area (Å²) >= 11 is 0. The van der Waals surface area contributed by atoms with Crippen LogP contribution in [0.25, 0.3) is 0 Å². The number of aliphatic carboxylic acids is 1. The smallest absolute Gasteiger partial charge is 0.326 e. The first-order valence-corrected chi connectivity index (χ1v) is 5.62. The van der Waals surface area contributed by atoms with Crippen LogP contribution in [0.2, 0.25) is 0 Å². The minimum absolute atomic E-state index is 0.00250. The first-order valence-electron chi connectivity index (χ1n) is 5.62. The van der Waals surface area contributed by atoms with Gasteiger partial charge in [0, 0.05) is 13.0 Å². The molecule has 0 aromatic carbocycles. The average molecular weight is 213 g/mol. The van der Waals surface area contributed by atoms with Gasteiger partial charge in [-0.15, -0.1) is 0 Å². The molecule has 15 heavy (non-hydrogen) atoms. The van der Waals surface area contributed by atoms with E-state index < -0.39 is 12.0 Å². The van der Waals surface area contributed by atoms with Crippen molar-refractivity contribution in [2.75, 3.05) is 6.54 Å². The van der Waals surface area contributed by atoms with Crippen LogP contribution < -0.4 is 0 Å². The van der Waals surface area contributed by atoms with E-state index in [1.54, 1.807) is 6.92 Å². The Morgan fingerprint density at radius 2 is 2.27 bits per heavy atom. The normalized spacial score (nSPS) is 23.2. The number of carboxylic acid groups (broad SMARTS) is 1. The highest BCUT2D eigenvalue weighted by Crippen LogP contribution is 2.24. The molecule has 86 valence electrons. The van der Waals surface area contributed by atoms with E-state index in [-0.39, 0.29) is 5.91 Å². The summed E-state index contributed by atoms with van der Waals surface area (Å²) < 4.78 is 0. The van der Waals surface area contributed by atoms with Crippen molar-refractivity contribution >= 4 is 11.9 Å². The topological polar surface area (TPSA) is 57.6 Å². The lowest BCUT2D eigenvalue weighted by atomic mass is 10.0. The van der Waals surface area contributed by atoms with E-state index in [9.17, 15) is 9.59 Å². The molecule has 0 aromatic rings.